The van der Waals surface area contributed by atoms with Gasteiger partial charge in [0.2, 0.25) is 0 Å². The van der Waals surface area contributed by atoms with Gasteiger partial charge < -0.3 is 0 Å². The standard InChI is InChI=1S/C16H12N2/c17-11-12-5-7-14(8-6-12)16-15-4-2-1-3-13(15)9-10-18-16/h1-8H,9-10H2. The van der Waals surface area contributed by atoms with Crippen LogP contribution in [0.1, 0.15) is 22.3 Å². The average molecular weight is 232 g/mol. The summed E-state index contributed by atoms with van der Waals surface area (Å²) in [6.45, 7) is 0.840. The highest BCUT2D eigenvalue weighted by atomic mass is 14.7. The van der Waals surface area contributed by atoms with Gasteiger partial charge in [0, 0.05) is 17.7 Å². The van der Waals surface area contributed by atoms with Crippen LogP contribution in [0, 0.1) is 11.3 Å². The zero-order chi connectivity index (χ0) is 12.4. The molecule has 2 aromatic carbocycles. The minimum atomic E-state index is 0.684. The highest BCUT2D eigenvalue weighted by molar-refractivity contribution is 6.14. The Morgan fingerprint density at radius 3 is 2.56 bits per heavy atom. The summed E-state index contributed by atoms with van der Waals surface area (Å²) in [5.74, 6) is 0. The summed E-state index contributed by atoms with van der Waals surface area (Å²) in [4.78, 5) is 4.63. The van der Waals surface area contributed by atoms with Crippen LogP contribution >= 0.6 is 0 Å². The molecule has 0 fully saturated rings. The third kappa shape index (κ3) is 1.80. The molecule has 86 valence electrons. The molecule has 2 heteroatoms. The summed E-state index contributed by atoms with van der Waals surface area (Å²) < 4.78 is 0. The number of nitriles is 1. The lowest BCUT2D eigenvalue weighted by molar-refractivity contribution is 0.944. The van der Waals surface area contributed by atoms with Crippen molar-refractivity contribution in [2.75, 3.05) is 6.54 Å². The summed E-state index contributed by atoms with van der Waals surface area (Å²) in [6, 6.07) is 18.2. The molecule has 1 aliphatic rings. The van der Waals surface area contributed by atoms with Crippen LogP contribution in [0.2, 0.25) is 0 Å². The molecule has 0 bridgehead atoms. The Hall–Kier alpha value is -2.40. The second-order valence-electron chi connectivity index (χ2n) is 4.33. The van der Waals surface area contributed by atoms with Gasteiger partial charge in [0.05, 0.1) is 17.3 Å². The summed E-state index contributed by atoms with van der Waals surface area (Å²) in [7, 11) is 0. The van der Waals surface area contributed by atoms with Crippen molar-refractivity contribution in [3.63, 3.8) is 0 Å². The normalized spacial score (nSPS) is 13.4. The van der Waals surface area contributed by atoms with Gasteiger partial charge in [-0.05, 0) is 24.1 Å². The number of nitrogens with zero attached hydrogens (tertiary/aromatic N) is 2. The monoisotopic (exact) mass is 232 g/mol. The molecule has 0 unspecified atom stereocenters. The third-order valence-electron chi connectivity index (χ3n) is 3.21. The molecule has 1 aliphatic heterocycles. The van der Waals surface area contributed by atoms with E-state index in [-0.39, 0.29) is 0 Å². The molecule has 0 radical (unpaired) electrons. The lowest BCUT2D eigenvalue weighted by Gasteiger charge is -2.16. The molecule has 18 heavy (non-hydrogen) atoms. The fraction of sp³-hybridized carbons (Fsp3) is 0.125. The van der Waals surface area contributed by atoms with Gasteiger partial charge >= 0.3 is 0 Å². The van der Waals surface area contributed by atoms with Crippen LogP contribution in [0.4, 0.5) is 0 Å². The minimum absolute atomic E-state index is 0.684. The first-order valence-corrected chi connectivity index (χ1v) is 6.02. The highest BCUT2D eigenvalue weighted by Gasteiger charge is 2.14. The van der Waals surface area contributed by atoms with Crippen LogP contribution in [-0.2, 0) is 6.42 Å². The van der Waals surface area contributed by atoms with Crippen molar-refractivity contribution >= 4 is 5.71 Å². The van der Waals surface area contributed by atoms with Gasteiger partial charge in [-0.25, -0.2) is 0 Å². The molecule has 0 spiro atoms. The molecule has 2 nitrogen and oxygen atoms in total. The maximum Gasteiger partial charge on any atom is 0.0991 e. The Kier molecular flexibility index (Phi) is 2.66. The van der Waals surface area contributed by atoms with Crippen molar-refractivity contribution in [3.8, 4) is 6.07 Å². The van der Waals surface area contributed by atoms with E-state index in [1.165, 1.54) is 11.1 Å². The zero-order valence-electron chi connectivity index (χ0n) is 9.93. The minimum Gasteiger partial charge on any atom is -0.284 e. The van der Waals surface area contributed by atoms with Crippen LogP contribution in [0.15, 0.2) is 53.5 Å². The van der Waals surface area contributed by atoms with Gasteiger partial charge in [-0.3, -0.25) is 4.99 Å². The van der Waals surface area contributed by atoms with Crippen LogP contribution in [0.5, 0.6) is 0 Å². The summed E-state index contributed by atoms with van der Waals surface area (Å²) in [6.07, 6.45) is 1.01. The first-order valence-electron chi connectivity index (χ1n) is 6.02. The lowest BCUT2D eigenvalue weighted by atomic mass is 9.93. The van der Waals surface area contributed by atoms with E-state index in [9.17, 15) is 0 Å². The molecule has 0 amide bonds. The fourth-order valence-corrected chi connectivity index (χ4v) is 2.29. The Balaban J connectivity index is 2.07. The largest absolute Gasteiger partial charge is 0.284 e. The van der Waals surface area contributed by atoms with E-state index in [1.54, 1.807) is 0 Å². The first kappa shape index (κ1) is 10.7. The van der Waals surface area contributed by atoms with Gasteiger partial charge in [0.1, 0.15) is 0 Å². The number of aliphatic imine (C=N–C) groups is 1. The number of benzene rings is 2. The topological polar surface area (TPSA) is 36.1 Å². The number of rotatable bonds is 1. The van der Waals surface area contributed by atoms with E-state index in [0.29, 0.717) is 5.56 Å². The zero-order valence-corrected chi connectivity index (χ0v) is 9.93. The number of fused-ring (bicyclic) bond motifs is 1. The molecule has 0 saturated carbocycles. The molecule has 0 N–H and O–H groups in total. The Morgan fingerprint density at radius 2 is 1.78 bits per heavy atom. The van der Waals surface area contributed by atoms with Gasteiger partial charge in [0.15, 0.2) is 0 Å². The van der Waals surface area contributed by atoms with Gasteiger partial charge in [-0.1, -0.05) is 36.4 Å². The van der Waals surface area contributed by atoms with E-state index in [2.05, 4.69) is 29.3 Å². The predicted molar refractivity (Wildman–Crippen MR) is 71.8 cm³/mol. The number of hydrogen-bond acceptors (Lipinski definition) is 2. The maximum atomic E-state index is 8.82. The highest BCUT2D eigenvalue weighted by Crippen LogP contribution is 2.20. The predicted octanol–water partition coefficient (Wildman–Crippen LogP) is 2.95. The molecule has 0 aliphatic carbocycles. The van der Waals surface area contributed by atoms with E-state index in [0.717, 1.165) is 24.2 Å². The third-order valence-corrected chi connectivity index (χ3v) is 3.21. The van der Waals surface area contributed by atoms with E-state index < -0.39 is 0 Å². The second kappa shape index (κ2) is 4.46. The van der Waals surface area contributed by atoms with Gasteiger partial charge in [-0.15, -0.1) is 0 Å². The van der Waals surface area contributed by atoms with Crippen molar-refractivity contribution in [1.82, 2.24) is 0 Å². The van der Waals surface area contributed by atoms with Crippen molar-refractivity contribution in [2.24, 2.45) is 4.99 Å². The molecule has 0 aromatic heterocycles. The molecule has 0 saturated heterocycles. The summed E-state index contributed by atoms with van der Waals surface area (Å²) in [5, 5.41) is 8.82. The Labute approximate surface area is 106 Å². The quantitative estimate of drug-likeness (QED) is 0.744. The molecule has 3 rings (SSSR count). The van der Waals surface area contributed by atoms with E-state index >= 15 is 0 Å². The summed E-state index contributed by atoms with van der Waals surface area (Å²) >= 11 is 0. The van der Waals surface area contributed by atoms with Crippen molar-refractivity contribution in [1.29, 1.82) is 5.26 Å². The SMILES string of the molecule is N#Cc1ccc(C2=NCCc3ccccc32)cc1. The molecule has 1 heterocycles. The fourth-order valence-electron chi connectivity index (χ4n) is 2.29. The Bertz CT molecular complexity index is 646. The van der Waals surface area contributed by atoms with Crippen LogP contribution in [0.25, 0.3) is 0 Å². The van der Waals surface area contributed by atoms with Crippen molar-refractivity contribution in [3.05, 3.63) is 70.8 Å². The van der Waals surface area contributed by atoms with Crippen molar-refractivity contribution < 1.29 is 0 Å². The smallest absolute Gasteiger partial charge is 0.0991 e. The van der Waals surface area contributed by atoms with Gasteiger partial charge in [0.25, 0.3) is 0 Å². The van der Waals surface area contributed by atoms with Crippen molar-refractivity contribution in [2.45, 2.75) is 6.42 Å². The van der Waals surface area contributed by atoms with Gasteiger partial charge in [-0.2, -0.15) is 5.26 Å². The second-order valence-corrected chi connectivity index (χ2v) is 4.33. The summed E-state index contributed by atoms with van der Waals surface area (Å²) in [5.41, 5.74) is 5.38. The van der Waals surface area contributed by atoms with Crippen LogP contribution in [0.3, 0.4) is 0 Å². The Morgan fingerprint density at radius 1 is 1.00 bits per heavy atom. The van der Waals surface area contributed by atoms with Crippen LogP contribution < -0.4 is 0 Å². The first-order chi connectivity index (χ1) is 8.88. The molecule has 2 aromatic rings. The molecule has 0 atom stereocenters. The maximum absolute atomic E-state index is 8.82. The lowest BCUT2D eigenvalue weighted by Crippen LogP contribution is -2.13. The molecular formula is C16H12N2. The molecular weight excluding hydrogens is 220 g/mol. The average Bonchev–Trinajstić information content (AvgIpc) is 2.47. The van der Waals surface area contributed by atoms with E-state index in [1.807, 2.05) is 30.3 Å². The van der Waals surface area contributed by atoms with Crippen LogP contribution in [-0.4, -0.2) is 12.3 Å². The van der Waals surface area contributed by atoms with E-state index in [4.69, 9.17) is 5.26 Å². The number of hydrogen-bond donors (Lipinski definition) is 0.